The summed E-state index contributed by atoms with van der Waals surface area (Å²) in [4.78, 5) is 14.1. The fourth-order valence-electron chi connectivity index (χ4n) is 1.15. The van der Waals surface area contributed by atoms with Crippen LogP contribution in [-0.2, 0) is 14.8 Å². The SMILES string of the molecule is CC(O)C(NS(=O)(=O)c1ncccc1F)C(=O)O. The summed E-state index contributed by atoms with van der Waals surface area (Å²) in [6, 6.07) is 0.286. The van der Waals surface area contributed by atoms with Crippen molar-refractivity contribution in [1.29, 1.82) is 0 Å². The minimum absolute atomic E-state index is 0.875. The van der Waals surface area contributed by atoms with Crippen LogP contribution in [0.1, 0.15) is 6.92 Å². The van der Waals surface area contributed by atoms with Crippen molar-refractivity contribution in [3.63, 3.8) is 0 Å². The van der Waals surface area contributed by atoms with Gasteiger partial charge in [-0.3, -0.25) is 4.79 Å². The van der Waals surface area contributed by atoms with Crippen molar-refractivity contribution < 1.29 is 27.8 Å². The smallest absolute Gasteiger partial charge is 0.324 e. The van der Waals surface area contributed by atoms with E-state index in [0.717, 1.165) is 19.2 Å². The first-order chi connectivity index (χ1) is 8.25. The number of nitrogens with zero attached hydrogens (tertiary/aromatic N) is 1. The Bertz CT molecular complexity index is 546. The van der Waals surface area contributed by atoms with E-state index in [-0.39, 0.29) is 0 Å². The Kier molecular flexibility index (Phi) is 4.33. The average Bonchev–Trinajstić information content (AvgIpc) is 2.25. The Morgan fingerprint density at radius 2 is 2.17 bits per heavy atom. The molecule has 0 aliphatic carbocycles. The van der Waals surface area contributed by atoms with Crippen LogP contribution in [0.3, 0.4) is 0 Å². The minimum Gasteiger partial charge on any atom is -0.480 e. The topological polar surface area (TPSA) is 117 Å². The molecule has 9 heteroatoms. The first-order valence-electron chi connectivity index (χ1n) is 4.79. The standard InChI is InChI=1S/C9H11FN2O5S/c1-5(13)7(9(14)15)12-18(16,17)8-6(10)3-2-4-11-8/h2-5,7,12-13H,1H3,(H,14,15). The molecule has 100 valence electrons. The number of aromatic nitrogens is 1. The van der Waals surface area contributed by atoms with E-state index in [0.29, 0.717) is 0 Å². The van der Waals surface area contributed by atoms with E-state index in [1.54, 1.807) is 4.72 Å². The first kappa shape index (κ1) is 14.5. The molecule has 1 rings (SSSR count). The molecule has 0 saturated carbocycles. The lowest BCUT2D eigenvalue weighted by atomic mass is 10.2. The molecule has 3 N–H and O–H groups in total. The third-order valence-corrected chi connectivity index (χ3v) is 3.38. The van der Waals surface area contributed by atoms with Gasteiger partial charge in [-0.1, -0.05) is 0 Å². The number of hydrogen-bond acceptors (Lipinski definition) is 5. The third kappa shape index (κ3) is 3.22. The Hall–Kier alpha value is -1.58. The van der Waals surface area contributed by atoms with E-state index in [4.69, 9.17) is 10.2 Å². The van der Waals surface area contributed by atoms with Crippen LogP contribution in [0.5, 0.6) is 0 Å². The summed E-state index contributed by atoms with van der Waals surface area (Å²) < 4.78 is 38.3. The van der Waals surface area contributed by atoms with Gasteiger partial charge in [-0.25, -0.2) is 17.8 Å². The molecule has 7 nitrogen and oxygen atoms in total. The number of carbonyl (C=O) groups is 1. The van der Waals surface area contributed by atoms with Crippen LogP contribution in [0.15, 0.2) is 23.4 Å². The fraction of sp³-hybridized carbons (Fsp3) is 0.333. The normalized spacial score (nSPS) is 15.1. The van der Waals surface area contributed by atoms with Gasteiger partial charge in [0.25, 0.3) is 10.0 Å². The van der Waals surface area contributed by atoms with Crippen LogP contribution >= 0.6 is 0 Å². The maximum absolute atomic E-state index is 13.2. The fourth-order valence-corrected chi connectivity index (χ4v) is 2.42. The van der Waals surface area contributed by atoms with Crippen molar-refractivity contribution in [1.82, 2.24) is 9.71 Å². The van der Waals surface area contributed by atoms with E-state index < -0.39 is 39.0 Å². The zero-order valence-corrected chi connectivity index (χ0v) is 10.1. The van der Waals surface area contributed by atoms with E-state index >= 15 is 0 Å². The number of aliphatic hydroxyl groups is 1. The van der Waals surface area contributed by atoms with Crippen LogP contribution in [-0.4, -0.2) is 41.7 Å². The predicted octanol–water partition coefficient (Wildman–Crippen LogP) is -0.667. The molecule has 1 heterocycles. The lowest BCUT2D eigenvalue weighted by Gasteiger charge is -2.16. The molecule has 18 heavy (non-hydrogen) atoms. The van der Waals surface area contributed by atoms with E-state index in [1.807, 2.05) is 0 Å². The molecule has 0 aliphatic rings. The van der Waals surface area contributed by atoms with Crippen LogP contribution in [0.4, 0.5) is 4.39 Å². The molecule has 1 aromatic heterocycles. The molecule has 0 aliphatic heterocycles. The number of aliphatic carboxylic acids is 1. The lowest BCUT2D eigenvalue weighted by Crippen LogP contribution is -2.47. The van der Waals surface area contributed by atoms with Gasteiger partial charge in [-0.15, -0.1) is 0 Å². The van der Waals surface area contributed by atoms with E-state index in [9.17, 15) is 17.6 Å². The zero-order valence-electron chi connectivity index (χ0n) is 9.24. The number of rotatable bonds is 5. The van der Waals surface area contributed by atoms with Gasteiger partial charge < -0.3 is 10.2 Å². The van der Waals surface area contributed by atoms with Crippen molar-refractivity contribution in [2.75, 3.05) is 0 Å². The van der Waals surface area contributed by atoms with Crippen LogP contribution < -0.4 is 4.72 Å². The van der Waals surface area contributed by atoms with Crippen molar-refractivity contribution in [3.8, 4) is 0 Å². The van der Waals surface area contributed by atoms with Crippen molar-refractivity contribution in [2.24, 2.45) is 0 Å². The highest BCUT2D eigenvalue weighted by molar-refractivity contribution is 7.89. The molecule has 0 radical (unpaired) electrons. The molecule has 0 amide bonds. The summed E-state index contributed by atoms with van der Waals surface area (Å²) in [5.41, 5.74) is 0. The highest BCUT2D eigenvalue weighted by Gasteiger charge is 2.31. The van der Waals surface area contributed by atoms with Crippen LogP contribution in [0.25, 0.3) is 0 Å². The Morgan fingerprint density at radius 3 is 2.61 bits per heavy atom. The minimum atomic E-state index is -4.46. The quantitative estimate of drug-likeness (QED) is 0.658. The molecular weight excluding hydrogens is 267 g/mol. The summed E-state index contributed by atoms with van der Waals surface area (Å²) in [6.07, 6.45) is -0.431. The maximum Gasteiger partial charge on any atom is 0.324 e. The van der Waals surface area contributed by atoms with Gasteiger partial charge in [0.05, 0.1) is 6.10 Å². The highest BCUT2D eigenvalue weighted by Crippen LogP contribution is 2.11. The molecule has 0 bridgehead atoms. The van der Waals surface area contributed by atoms with Gasteiger partial charge in [-0.05, 0) is 19.1 Å². The monoisotopic (exact) mass is 278 g/mol. The molecule has 2 atom stereocenters. The van der Waals surface area contributed by atoms with Gasteiger partial charge in [0.15, 0.2) is 5.82 Å². The Morgan fingerprint density at radius 1 is 1.56 bits per heavy atom. The zero-order chi connectivity index (χ0) is 13.9. The number of hydrogen-bond donors (Lipinski definition) is 3. The van der Waals surface area contributed by atoms with Gasteiger partial charge >= 0.3 is 5.97 Å². The summed E-state index contributed by atoms with van der Waals surface area (Å²) in [5.74, 6) is -2.69. The molecular formula is C9H11FN2O5S. The number of carboxylic acids is 1. The van der Waals surface area contributed by atoms with E-state index in [2.05, 4.69) is 4.98 Å². The maximum atomic E-state index is 13.2. The summed E-state index contributed by atoms with van der Waals surface area (Å²) in [7, 11) is -4.46. The molecule has 2 unspecified atom stereocenters. The first-order valence-corrected chi connectivity index (χ1v) is 6.27. The average molecular weight is 278 g/mol. The molecule has 1 aromatic rings. The van der Waals surface area contributed by atoms with Gasteiger partial charge in [0, 0.05) is 6.20 Å². The van der Waals surface area contributed by atoms with Crippen molar-refractivity contribution in [3.05, 3.63) is 24.1 Å². The van der Waals surface area contributed by atoms with Gasteiger partial charge in [0.2, 0.25) is 5.03 Å². The molecule has 0 aromatic carbocycles. The van der Waals surface area contributed by atoms with Gasteiger partial charge in [-0.2, -0.15) is 4.72 Å². The van der Waals surface area contributed by atoms with Gasteiger partial charge in [0.1, 0.15) is 6.04 Å². The second kappa shape index (κ2) is 5.38. The second-order valence-electron chi connectivity index (χ2n) is 3.47. The predicted molar refractivity (Wildman–Crippen MR) is 57.6 cm³/mol. The largest absolute Gasteiger partial charge is 0.480 e. The Labute approximate surface area is 102 Å². The molecule has 0 spiro atoms. The van der Waals surface area contributed by atoms with E-state index in [1.165, 1.54) is 6.07 Å². The van der Waals surface area contributed by atoms with Crippen LogP contribution in [0, 0.1) is 5.82 Å². The number of aliphatic hydroxyl groups excluding tert-OH is 1. The summed E-state index contributed by atoms with van der Waals surface area (Å²) >= 11 is 0. The summed E-state index contributed by atoms with van der Waals surface area (Å²) in [6.45, 7) is 1.09. The number of pyridine rings is 1. The molecule has 0 saturated heterocycles. The highest BCUT2D eigenvalue weighted by atomic mass is 32.2. The second-order valence-corrected chi connectivity index (χ2v) is 5.10. The number of sulfonamides is 1. The third-order valence-electron chi connectivity index (χ3n) is 2.01. The Balaban J connectivity index is 3.09. The lowest BCUT2D eigenvalue weighted by molar-refractivity contribution is -0.141. The number of carboxylic acid groups (broad SMARTS) is 1. The van der Waals surface area contributed by atoms with Crippen LogP contribution in [0.2, 0.25) is 0 Å². The number of halogens is 1. The summed E-state index contributed by atoms with van der Waals surface area (Å²) in [5, 5.41) is 16.9. The molecule has 0 fully saturated rings. The van der Waals surface area contributed by atoms with Crippen molar-refractivity contribution in [2.45, 2.75) is 24.1 Å². The van der Waals surface area contributed by atoms with Crippen molar-refractivity contribution >= 4 is 16.0 Å². The number of nitrogens with one attached hydrogen (secondary N) is 1.